The van der Waals surface area contributed by atoms with Gasteiger partial charge in [-0.25, -0.2) is 0 Å². The SMILES string of the molecule is CCN(C[C@H]1CCCO1)C(=O)C1(C(=O)O)CC1. The number of nitrogens with zero attached hydrogens (tertiary/aromatic N) is 1. The van der Waals surface area contributed by atoms with Crippen LogP contribution in [0.5, 0.6) is 0 Å². The van der Waals surface area contributed by atoms with Crippen LogP contribution in [-0.4, -0.2) is 47.7 Å². The highest BCUT2D eigenvalue weighted by atomic mass is 16.5. The molecule has 1 aliphatic carbocycles. The molecule has 0 spiro atoms. The minimum atomic E-state index is -1.12. The van der Waals surface area contributed by atoms with Crippen molar-refractivity contribution in [3.05, 3.63) is 0 Å². The number of amides is 1. The Balaban J connectivity index is 1.98. The number of carboxylic acids is 1. The van der Waals surface area contributed by atoms with E-state index in [0.717, 1.165) is 19.4 Å². The molecule has 1 atom stereocenters. The number of ether oxygens (including phenoxy) is 1. The highest BCUT2D eigenvalue weighted by Crippen LogP contribution is 2.47. The zero-order valence-corrected chi connectivity index (χ0v) is 10.1. The Labute approximate surface area is 101 Å². The van der Waals surface area contributed by atoms with E-state index in [1.54, 1.807) is 4.90 Å². The first-order chi connectivity index (χ1) is 8.10. The predicted octanol–water partition coefficient (Wildman–Crippen LogP) is 0.879. The van der Waals surface area contributed by atoms with Crippen molar-refractivity contribution in [1.29, 1.82) is 0 Å². The summed E-state index contributed by atoms with van der Waals surface area (Å²) in [5.74, 6) is -1.21. The molecule has 2 rings (SSSR count). The van der Waals surface area contributed by atoms with Gasteiger partial charge in [0, 0.05) is 19.7 Å². The van der Waals surface area contributed by atoms with Gasteiger partial charge in [-0.3, -0.25) is 9.59 Å². The van der Waals surface area contributed by atoms with Crippen LogP contribution in [-0.2, 0) is 14.3 Å². The fraction of sp³-hybridized carbons (Fsp3) is 0.833. The summed E-state index contributed by atoms with van der Waals surface area (Å²) in [6.07, 6.45) is 3.03. The molecule has 5 heteroatoms. The Hall–Kier alpha value is -1.10. The molecule has 0 aromatic carbocycles. The molecule has 1 heterocycles. The molecule has 96 valence electrons. The normalized spacial score (nSPS) is 25.6. The zero-order chi connectivity index (χ0) is 12.5. The summed E-state index contributed by atoms with van der Waals surface area (Å²) in [7, 11) is 0. The first-order valence-corrected chi connectivity index (χ1v) is 6.24. The highest BCUT2D eigenvalue weighted by molar-refractivity contribution is 6.04. The molecule has 0 bridgehead atoms. The Morgan fingerprint density at radius 2 is 2.18 bits per heavy atom. The van der Waals surface area contributed by atoms with E-state index in [9.17, 15) is 9.59 Å². The van der Waals surface area contributed by atoms with Crippen LogP contribution in [0.3, 0.4) is 0 Å². The fourth-order valence-electron chi connectivity index (χ4n) is 2.34. The molecular weight excluding hydrogens is 222 g/mol. The van der Waals surface area contributed by atoms with Gasteiger partial charge >= 0.3 is 5.97 Å². The molecule has 1 amide bonds. The van der Waals surface area contributed by atoms with Crippen molar-refractivity contribution >= 4 is 11.9 Å². The van der Waals surface area contributed by atoms with E-state index in [1.165, 1.54) is 0 Å². The summed E-state index contributed by atoms with van der Waals surface area (Å²) >= 11 is 0. The number of aliphatic carboxylic acids is 1. The topological polar surface area (TPSA) is 66.8 Å². The van der Waals surface area contributed by atoms with Gasteiger partial charge in [-0.15, -0.1) is 0 Å². The first-order valence-electron chi connectivity index (χ1n) is 6.24. The van der Waals surface area contributed by atoms with Crippen LogP contribution in [0.1, 0.15) is 32.6 Å². The molecule has 17 heavy (non-hydrogen) atoms. The molecule has 0 radical (unpaired) electrons. The Bertz CT molecular complexity index is 318. The lowest BCUT2D eigenvalue weighted by Gasteiger charge is -2.26. The number of rotatable bonds is 5. The van der Waals surface area contributed by atoms with Crippen molar-refractivity contribution in [2.75, 3.05) is 19.7 Å². The molecule has 2 aliphatic rings. The summed E-state index contributed by atoms with van der Waals surface area (Å²) in [5, 5.41) is 9.10. The van der Waals surface area contributed by atoms with E-state index < -0.39 is 11.4 Å². The van der Waals surface area contributed by atoms with Gasteiger partial charge in [0.1, 0.15) is 5.41 Å². The van der Waals surface area contributed by atoms with Gasteiger partial charge in [-0.05, 0) is 32.6 Å². The molecule has 0 aromatic rings. The predicted molar refractivity (Wildman–Crippen MR) is 60.5 cm³/mol. The second-order valence-electron chi connectivity index (χ2n) is 4.87. The molecule has 2 fully saturated rings. The van der Waals surface area contributed by atoms with Crippen LogP contribution in [0.2, 0.25) is 0 Å². The molecule has 1 aliphatic heterocycles. The molecular formula is C12H19NO4. The smallest absolute Gasteiger partial charge is 0.319 e. The molecule has 1 N–H and O–H groups in total. The standard InChI is InChI=1S/C12H19NO4/c1-2-13(8-9-4-3-7-17-9)10(14)12(5-6-12)11(15)16/h9H,2-8H2,1H3,(H,15,16)/t9-/m1/s1. The maximum absolute atomic E-state index is 12.2. The quantitative estimate of drug-likeness (QED) is 0.725. The third kappa shape index (κ3) is 2.29. The van der Waals surface area contributed by atoms with Gasteiger partial charge in [0.15, 0.2) is 0 Å². The van der Waals surface area contributed by atoms with Crippen LogP contribution in [0.25, 0.3) is 0 Å². The number of hydrogen-bond acceptors (Lipinski definition) is 3. The lowest BCUT2D eigenvalue weighted by atomic mass is 10.1. The van der Waals surface area contributed by atoms with Gasteiger partial charge in [-0.1, -0.05) is 0 Å². The second kappa shape index (κ2) is 4.64. The van der Waals surface area contributed by atoms with Crippen LogP contribution >= 0.6 is 0 Å². The van der Waals surface area contributed by atoms with Gasteiger partial charge in [0.25, 0.3) is 0 Å². The van der Waals surface area contributed by atoms with Gasteiger partial charge in [0.2, 0.25) is 5.91 Å². The van der Waals surface area contributed by atoms with Crippen LogP contribution in [0.4, 0.5) is 0 Å². The Morgan fingerprint density at radius 1 is 1.47 bits per heavy atom. The summed E-state index contributed by atoms with van der Waals surface area (Å²) in [5.41, 5.74) is -1.12. The maximum Gasteiger partial charge on any atom is 0.319 e. The van der Waals surface area contributed by atoms with Crippen molar-refractivity contribution in [2.24, 2.45) is 5.41 Å². The monoisotopic (exact) mass is 241 g/mol. The van der Waals surface area contributed by atoms with Crippen molar-refractivity contribution in [3.8, 4) is 0 Å². The van der Waals surface area contributed by atoms with Crippen molar-refractivity contribution in [1.82, 2.24) is 4.90 Å². The average molecular weight is 241 g/mol. The number of carbonyl (C=O) groups is 2. The van der Waals surface area contributed by atoms with E-state index in [2.05, 4.69) is 0 Å². The van der Waals surface area contributed by atoms with E-state index >= 15 is 0 Å². The minimum Gasteiger partial charge on any atom is -0.480 e. The van der Waals surface area contributed by atoms with E-state index in [1.807, 2.05) is 6.92 Å². The molecule has 1 saturated heterocycles. The van der Waals surface area contributed by atoms with E-state index in [0.29, 0.717) is 25.9 Å². The molecule has 5 nitrogen and oxygen atoms in total. The Kier molecular flexibility index (Phi) is 3.38. The highest BCUT2D eigenvalue weighted by Gasteiger charge is 2.58. The minimum absolute atomic E-state index is 0.0866. The van der Waals surface area contributed by atoms with Crippen molar-refractivity contribution < 1.29 is 19.4 Å². The number of hydrogen-bond donors (Lipinski definition) is 1. The number of carbonyl (C=O) groups excluding carboxylic acids is 1. The number of carboxylic acid groups (broad SMARTS) is 1. The van der Waals surface area contributed by atoms with E-state index in [-0.39, 0.29) is 12.0 Å². The lowest BCUT2D eigenvalue weighted by Crippen LogP contribution is -2.44. The van der Waals surface area contributed by atoms with E-state index in [4.69, 9.17) is 9.84 Å². The maximum atomic E-state index is 12.2. The van der Waals surface area contributed by atoms with Crippen molar-refractivity contribution in [2.45, 2.75) is 38.7 Å². The molecule has 0 aromatic heterocycles. The average Bonchev–Trinajstić information content (AvgIpc) is 2.98. The third-order valence-corrected chi connectivity index (χ3v) is 3.69. The second-order valence-corrected chi connectivity index (χ2v) is 4.87. The summed E-state index contributed by atoms with van der Waals surface area (Å²) in [6.45, 7) is 3.71. The lowest BCUT2D eigenvalue weighted by molar-refractivity contribution is -0.154. The largest absolute Gasteiger partial charge is 0.480 e. The van der Waals surface area contributed by atoms with Crippen LogP contribution < -0.4 is 0 Å². The van der Waals surface area contributed by atoms with Crippen LogP contribution in [0.15, 0.2) is 0 Å². The molecule has 1 saturated carbocycles. The van der Waals surface area contributed by atoms with Gasteiger partial charge in [-0.2, -0.15) is 0 Å². The summed E-state index contributed by atoms with van der Waals surface area (Å²) < 4.78 is 5.49. The van der Waals surface area contributed by atoms with Gasteiger partial charge in [0.05, 0.1) is 6.10 Å². The fourth-order valence-corrected chi connectivity index (χ4v) is 2.34. The zero-order valence-electron chi connectivity index (χ0n) is 10.1. The van der Waals surface area contributed by atoms with Crippen LogP contribution in [0, 0.1) is 5.41 Å². The van der Waals surface area contributed by atoms with Crippen molar-refractivity contribution in [3.63, 3.8) is 0 Å². The van der Waals surface area contributed by atoms with Gasteiger partial charge < -0.3 is 14.7 Å². The first kappa shape index (κ1) is 12.4. The molecule has 0 unspecified atom stereocenters. The Morgan fingerprint density at radius 3 is 2.59 bits per heavy atom. The summed E-state index contributed by atoms with van der Waals surface area (Å²) in [6, 6.07) is 0. The number of likely N-dealkylation sites (N-methyl/N-ethyl adjacent to an activating group) is 1. The third-order valence-electron chi connectivity index (χ3n) is 3.69. The summed E-state index contributed by atoms with van der Waals surface area (Å²) in [4.78, 5) is 24.9.